The van der Waals surface area contributed by atoms with Crippen LogP contribution in [0.3, 0.4) is 0 Å². The number of anilines is 1. The summed E-state index contributed by atoms with van der Waals surface area (Å²) in [7, 11) is 0. The van der Waals surface area contributed by atoms with E-state index in [0.717, 1.165) is 24.3 Å². The summed E-state index contributed by atoms with van der Waals surface area (Å²) in [5.41, 5.74) is -2.41. The molecule has 0 atom stereocenters. The van der Waals surface area contributed by atoms with Crippen LogP contribution in [0.4, 0.5) is 27.6 Å². The molecule has 3 aromatic rings. The molecule has 0 radical (unpaired) electrons. The number of phenolic OH excluding ortho intramolecular Hbond substituents is 1. The second-order valence-corrected chi connectivity index (χ2v) is 5.50. The predicted octanol–water partition coefficient (Wildman–Crippen LogP) is 5.01. The maximum absolute atomic E-state index is 14.7. The molecule has 0 bridgehead atoms. The fourth-order valence-electron chi connectivity index (χ4n) is 2.47. The van der Waals surface area contributed by atoms with Crippen molar-refractivity contribution in [3.05, 3.63) is 83.2 Å². The number of rotatable bonds is 3. The summed E-state index contributed by atoms with van der Waals surface area (Å²) >= 11 is 0. The number of hydrogen-bond acceptors (Lipinski definition) is 2. The van der Waals surface area contributed by atoms with Gasteiger partial charge in [-0.05, 0) is 42.0 Å². The van der Waals surface area contributed by atoms with E-state index in [1.54, 1.807) is 5.32 Å². The lowest BCUT2D eigenvalue weighted by atomic mass is 10.0. The summed E-state index contributed by atoms with van der Waals surface area (Å²) in [5.74, 6) is -8.48. The average molecular weight is 379 g/mol. The van der Waals surface area contributed by atoms with E-state index in [0.29, 0.717) is 12.1 Å². The molecular weight excluding hydrogens is 369 g/mol. The van der Waals surface area contributed by atoms with E-state index >= 15 is 0 Å². The molecule has 0 aliphatic carbocycles. The topological polar surface area (TPSA) is 49.3 Å². The molecule has 0 fully saturated rings. The van der Waals surface area contributed by atoms with Crippen molar-refractivity contribution in [2.24, 2.45) is 0 Å². The first-order chi connectivity index (χ1) is 12.8. The van der Waals surface area contributed by atoms with Crippen molar-refractivity contribution >= 4 is 11.6 Å². The first-order valence-electron chi connectivity index (χ1n) is 7.52. The predicted molar refractivity (Wildman–Crippen MR) is 87.7 cm³/mol. The Hall–Kier alpha value is -3.42. The Kier molecular flexibility index (Phi) is 4.81. The Morgan fingerprint density at radius 3 is 2.26 bits per heavy atom. The molecule has 8 heteroatoms. The minimum atomic E-state index is -1.49. The molecule has 0 aromatic heterocycles. The van der Waals surface area contributed by atoms with Gasteiger partial charge >= 0.3 is 0 Å². The number of carbonyl (C=O) groups excluding carboxylic acids is 1. The maximum atomic E-state index is 14.7. The normalized spacial score (nSPS) is 10.7. The lowest BCUT2D eigenvalue weighted by Crippen LogP contribution is -2.18. The van der Waals surface area contributed by atoms with E-state index < -0.39 is 52.0 Å². The van der Waals surface area contributed by atoms with Gasteiger partial charge < -0.3 is 10.4 Å². The van der Waals surface area contributed by atoms with Crippen LogP contribution in [0, 0.1) is 29.1 Å². The van der Waals surface area contributed by atoms with Crippen molar-refractivity contribution in [3.8, 4) is 16.9 Å². The van der Waals surface area contributed by atoms with Crippen LogP contribution in [0.15, 0.2) is 48.5 Å². The summed E-state index contributed by atoms with van der Waals surface area (Å²) in [5, 5.41) is 11.0. The number of benzene rings is 3. The van der Waals surface area contributed by atoms with Gasteiger partial charge in [0, 0.05) is 5.56 Å². The monoisotopic (exact) mass is 379 g/mol. The highest BCUT2D eigenvalue weighted by Gasteiger charge is 2.24. The molecule has 27 heavy (non-hydrogen) atoms. The van der Waals surface area contributed by atoms with E-state index in [9.17, 15) is 31.9 Å². The van der Waals surface area contributed by atoms with Crippen molar-refractivity contribution in [1.82, 2.24) is 0 Å². The second kappa shape index (κ2) is 7.06. The van der Waals surface area contributed by atoms with Gasteiger partial charge in [0.05, 0.1) is 0 Å². The molecule has 0 spiro atoms. The number of nitrogens with one attached hydrogen (secondary N) is 1. The third kappa shape index (κ3) is 3.46. The molecular formula is C19H10F5NO2. The van der Waals surface area contributed by atoms with Gasteiger partial charge in [0.1, 0.15) is 34.5 Å². The average Bonchev–Trinajstić information content (AvgIpc) is 2.62. The number of aromatic hydroxyl groups is 1. The molecule has 0 aliphatic heterocycles. The minimum Gasteiger partial charge on any atom is -0.505 e. The van der Waals surface area contributed by atoms with Crippen molar-refractivity contribution < 1.29 is 31.9 Å². The van der Waals surface area contributed by atoms with Crippen molar-refractivity contribution in [3.63, 3.8) is 0 Å². The van der Waals surface area contributed by atoms with Crippen LogP contribution >= 0.6 is 0 Å². The third-order valence-corrected chi connectivity index (χ3v) is 3.76. The number of amides is 1. The Morgan fingerprint density at radius 2 is 1.56 bits per heavy atom. The number of hydrogen-bond donors (Lipinski definition) is 2. The van der Waals surface area contributed by atoms with E-state index in [4.69, 9.17) is 0 Å². The molecule has 0 saturated carbocycles. The second-order valence-electron chi connectivity index (χ2n) is 5.50. The zero-order chi connectivity index (χ0) is 19.7. The standard InChI is InChI=1S/C19H10F5NO2/c20-10-3-1-2-9(8-10)11-4-5-12(21)15(16(11)23)19(27)25-18-13(22)6-7-14(26)17(18)24/h1-8,26H,(H,25,27). The van der Waals surface area contributed by atoms with Crippen LogP contribution in [0.2, 0.25) is 0 Å². The van der Waals surface area contributed by atoms with Crippen LogP contribution in [-0.2, 0) is 0 Å². The van der Waals surface area contributed by atoms with Gasteiger partial charge in [-0.3, -0.25) is 4.79 Å². The van der Waals surface area contributed by atoms with Crippen LogP contribution in [0.1, 0.15) is 10.4 Å². The van der Waals surface area contributed by atoms with Gasteiger partial charge in [-0.25, -0.2) is 22.0 Å². The summed E-state index contributed by atoms with van der Waals surface area (Å²) < 4.78 is 69.6. The molecule has 3 rings (SSSR count). The highest BCUT2D eigenvalue weighted by molar-refractivity contribution is 6.05. The Bertz CT molecular complexity index is 1050. The molecule has 138 valence electrons. The van der Waals surface area contributed by atoms with Crippen molar-refractivity contribution in [2.75, 3.05) is 5.32 Å². The SMILES string of the molecule is O=C(Nc1c(F)ccc(O)c1F)c1c(F)ccc(-c2cccc(F)c2)c1F. The number of carbonyl (C=O) groups is 1. The first kappa shape index (κ1) is 18.4. The molecule has 0 heterocycles. The Morgan fingerprint density at radius 1 is 0.852 bits per heavy atom. The van der Waals surface area contributed by atoms with Crippen LogP contribution in [0.25, 0.3) is 11.1 Å². The zero-order valence-electron chi connectivity index (χ0n) is 13.4. The molecule has 2 N–H and O–H groups in total. The number of phenols is 1. The van der Waals surface area contributed by atoms with Crippen molar-refractivity contribution in [2.45, 2.75) is 0 Å². The van der Waals surface area contributed by atoms with Gasteiger partial charge in [-0.15, -0.1) is 0 Å². The van der Waals surface area contributed by atoms with E-state index in [-0.39, 0.29) is 11.1 Å². The van der Waals surface area contributed by atoms with Gasteiger partial charge in [0.25, 0.3) is 5.91 Å². The van der Waals surface area contributed by atoms with E-state index in [1.165, 1.54) is 12.1 Å². The highest BCUT2D eigenvalue weighted by Crippen LogP contribution is 2.30. The smallest absolute Gasteiger partial charge is 0.261 e. The van der Waals surface area contributed by atoms with Crippen LogP contribution in [0.5, 0.6) is 5.75 Å². The molecule has 3 nitrogen and oxygen atoms in total. The lowest BCUT2D eigenvalue weighted by molar-refractivity contribution is 0.101. The van der Waals surface area contributed by atoms with Crippen LogP contribution in [-0.4, -0.2) is 11.0 Å². The highest BCUT2D eigenvalue weighted by atomic mass is 19.1. The van der Waals surface area contributed by atoms with Crippen molar-refractivity contribution in [1.29, 1.82) is 0 Å². The molecule has 1 amide bonds. The largest absolute Gasteiger partial charge is 0.505 e. The Balaban J connectivity index is 2.06. The molecule has 3 aromatic carbocycles. The van der Waals surface area contributed by atoms with Gasteiger partial charge in [-0.1, -0.05) is 12.1 Å². The Labute approximate surface area is 149 Å². The fourth-order valence-corrected chi connectivity index (χ4v) is 2.47. The quantitative estimate of drug-likeness (QED) is 0.629. The summed E-state index contributed by atoms with van der Waals surface area (Å²) in [6, 6.07) is 7.90. The maximum Gasteiger partial charge on any atom is 0.261 e. The molecule has 0 saturated heterocycles. The number of halogens is 5. The first-order valence-corrected chi connectivity index (χ1v) is 7.52. The van der Waals surface area contributed by atoms with Crippen LogP contribution < -0.4 is 5.32 Å². The molecule has 0 unspecified atom stereocenters. The third-order valence-electron chi connectivity index (χ3n) is 3.76. The van der Waals surface area contributed by atoms with Gasteiger partial charge in [0.15, 0.2) is 11.6 Å². The lowest BCUT2D eigenvalue weighted by Gasteiger charge is -2.12. The summed E-state index contributed by atoms with van der Waals surface area (Å²) in [4.78, 5) is 12.2. The van der Waals surface area contributed by atoms with Gasteiger partial charge in [0.2, 0.25) is 0 Å². The molecule has 0 aliphatic rings. The summed E-state index contributed by atoms with van der Waals surface area (Å²) in [6.45, 7) is 0. The zero-order valence-corrected chi connectivity index (χ0v) is 13.4. The van der Waals surface area contributed by atoms with E-state index in [2.05, 4.69) is 0 Å². The summed E-state index contributed by atoms with van der Waals surface area (Å²) in [6.07, 6.45) is 0. The van der Waals surface area contributed by atoms with E-state index in [1.807, 2.05) is 0 Å². The van der Waals surface area contributed by atoms with Gasteiger partial charge in [-0.2, -0.15) is 0 Å². The minimum absolute atomic E-state index is 0.0382. The fraction of sp³-hybridized carbons (Fsp3) is 0.